The molecule has 22 heavy (non-hydrogen) atoms. The third-order valence-electron chi connectivity index (χ3n) is 4.09. The van der Waals surface area contributed by atoms with E-state index < -0.39 is 10.0 Å². The average Bonchev–Trinajstić information content (AvgIpc) is 2.82. The molecule has 0 bridgehead atoms. The summed E-state index contributed by atoms with van der Waals surface area (Å²) in [7, 11) is -1.36. The highest BCUT2D eigenvalue weighted by molar-refractivity contribution is 7.91. The minimum Gasteiger partial charge on any atom is -0.374 e. The molecule has 5 heteroatoms. The van der Waals surface area contributed by atoms with Gasteiger partial charge in [0.2, 0.25) is 10.0 Å². The highest BCUT2D eigenvalue weighted by atomic mass is 32.2. The molecule has 0 fully saturated rings. The first-order valence-corrected chi connectivity index (χ1v) is 8.99. The van der Waals surface area contributed by atoms with Gasteiger partial charge in [0, 0.05) is 25.0 Å². The zero-order valence-electron chi connectivity index (χ0n) is 12.8. The first kappa shape index (κ1) is 14.9. The third kappa shape index (κ3) is 3.09. The van der Waals surface area contributed by atoms with Crippen LogP contribution in [0.1, 0.15) is 16.7 Å². The smallest absolute Gasteiger partial charge is 0.236 e. The summed E-state index contributed by atoms with van der Waals surface area (Å²) < 4.78 is 27.4. The number of aryl methyl sites for hydroxylation is 1. The summed E-state index contributed by atoms with van der Waals surface area (Å²) in [5.74, 6) is -0.00331. The maximum Gasteiger partial charge on any atom is 0.236 e. The molecule has 0 amide bonds. The third-order valence-corrected chi connectivity index (χ3v) is 5.33. The Morgan fingerprint density at radius 3 is 2.73 bits per heavy atom. The van der Waals surface area contributed by atoms with Crippen LogP contribution >= 0.6 is 0 Å². The van der Waals surface area contributed by atoms with Gasteiger partial charge in [-0.05, 0) is 48.2 Å². The molecule has 4 nitrogen and oxygen atoms in total. The van der Waals surface area contributed by atoms with Crippen molar-refractivity contribution in [1.29, 1.82) is 0 Å². The van der Waals surface area contributed by atoms with Crippen molar-refractivity contribution in [3.8, 4) is 0 Å². The van der Waals surface area contributed by atoms with Crippen molar-refractivity contribution in [2.45, 2.75) is 19.1 Å². The predicted octanol–water partition coefficient (Wildman–Crippen LogP) is 2.93. The molecule has 0 spiro atoms. The van der Waals surface area contributed by atoms with Gasteiger partial charge in [-0.2, -0.15) is 0 Å². The fraction of sp³-hybridized carbons (Fsp3) is 0.294. The summed E-state index contributed by atoms with van der Waals surface area (Å²) in [4.78, 5) is 2.18. The van der Waals surface area contributed by atoms with Crippen molar-refractivity contribution in [1.82, 2.24) is 0 Å². The SMILES string of the molecule is Cc1ccccc1CS(=O)(=O)Nc1ccc2c(c1)CCN2C. The summed E-state index contributed by atoms with van der Waals surface area (Å²) >= 11 is 0. The average molecular weight is 316 g/mol. The van der Waals surface area contributed by atoms with Crippen LogP contribution in [0.4, 0.5) is 11.4 Å². The molecule has 0 unspecified atom stereocenters. The van der Waals surface area contributed by atoms with E-state index in [0.29, 0.717) is 5.69 Å². The van der Waals surface area contributed by atoms with E-state index in [-0.39, 0.29) is 5.75 Å². The second-order valence-electron chi connectivity index (χ2n) is 5.80. The number of anilines is 2. The second kappa shape index (κ2) is 5.65. The highest BCUT2D eigenvalue weighted by Gasteiger charge is 2.18. The Kier molecular flexibility index (Phi) is 3.83. The van der Waals surface area contributed by atoms with E-state index in [0.717, 1.165) is 24.1 Å². The molecule has 2 aromatic rings. The van der Waals surface area contributed by atoms with Gasteiger partial charge in [-0.3, -0.25) is 4.72 Å². The molecule has 1 aliphatic rings. The quantitative estimate of drug-likeness (QED) is 0.943. The summed E-state index contributed by atoms with van der Waals surface area (Å²) in [6.45, 7) is 2.91. The molecule has 116 valence electrons. The monoisotopic (exact) mass is 316 g/mol. The van der Waals surface area contributed by atoms with Crippen molar-refractivity contribution < 1.29 is 8.42 Å². The molecule has 0 aromatic heterocycles. The van der Waals surface area contributed by atoms with E-state index in [9.17, 15) is 8.42 Å². The van der Waals surface area contributed by atoms with Crippen LogP contribution in [0.15, 0.2) is 42.5 Å². The molecular formula is C17H20N2O2S. The van der Waals surface area contributed by atoms with Crippen molar-refractivity contribution >= 4 is 21.4 Å². The molecule has 2 aromatic carbocycles. The number of rotatable bonds is 4. The van der Waals surface area contributed by atoms with Crippen LogP contribution in [0, 0.1) is 6.92 Å². The van der Waals surface area contributed by atoms with Gasteiger partial charge < -0.3 is 4.90 Å². The van der Waals surface area contributed by atoms with Gasteiger partial charge in [0.05, 0.1) is 5.75 Å². The first-order valence-electron chi connectivity index (χ1n) is 7.34. The number of nitrogens with one attached hydrogen (secondary N) is 1. The Morgan fingerprint density at radius 2 is 1.95 bits per heavy atom. The maximum absolute atomic E-state index is 12.4. The lowest BCUT2D eigenvalue weighted by Crippen LogP contribution is -2.16. The molecule has 1 N–H and O–H groups in total. The Hall–Kier alpha value is -2.01. The number of likely N-dealkylation sites (N-methyl/N-ethyl adjacent to an activating group) is 1. The van der Waals surface area contributed by atoms with Gasteiger partial charge in [-0.25, -0.2) is 8.42 Å². The van der Waals surface area contributed by atoms with Crippen molar-refractivity contribution in [2.75, 3.05) is 23.2 Å². The number of nitrogens with zero attached hydrogens (tertiary/aromatic N) is 1. The normalized spacial score (nSPS) is 14.0. The first-order chi connectivity index (χ1) is 10.4. The fourth-order valence-electron chi connectivity index (χ4n) is 2.82. The topological polar surface area (TPSA) is 49.4 Å². The molecule has 0 saturated heterocycles. The number of hydrogen-bond acceptors (Lipinski definition) is 3. The molecule has 3 rings (SSSR count). The Balaban J connectivity index is 1.79. The summed E-state index contributed by atoms with van der Waals surface area (Å²) in [6, 6.07) is 13.3. The molecular weight excluding hydrogens is 296 g/mol. The second-order valence-corrected chi connectivity index (χ2v) is 7.52. The van der Waals surface area contributed by atoms with Gasteiger partial charge in [0.15, 0.2) is 0 Å². The van der Waals surface area contributed by atoms with E-state index in [4.69, 9.17) is 0 Å². The zero-order valence-corrected chi connectivity index (χ0v) is 13.7. The van der Waals surface area contributed by atoms with E-state index in [2.05, 4.69) is 9.62 Å². The van der Waals surface area contributed by atoms with Crippen LogP contribution in [0.5, 0.6) is 0 Å². The Morgan fingerprint density at radius 1 is 1.18 bits per heavy atom. The van der Waals surface area contributed by atoms with Gasteiger partial charge in [0.1, 0.15) is 0 Å². The van der Waals surface area contributed by atoms with Gasteiger partial charge >= 0.3 is 0 Å². The lowest BCUT2D eigenvalue weighted by atomic mass is 10.1. The summed E-state index contributed by atoms with van der Waals surface area (Å²) in [6.07, 6.45) is 0.958. The van der Waals surface area contributed by atoms with Crippen molar-refractivity contribution in [3.63, 3.8) is 0 Å². The van der Waals surface area contributed by atoms with Crippen LogP contribution in [0.2, 0.25) is 0 Å². The van der Waals surface area contributed by atoms with E-state index in [1.807, 2.05) is 56.4 Å². The van der Waals surface area contributed by atoms with Crippen LogP contribution in [0.3, 0.4) is 0 Å². The minimum absolute atomic E-state index is 0.00331. The standard InChI is InChI=1S/C17H20N2O2S/c1-13-5-3-4-6-15(13)12-22(20,21)18-16-7-8-17-14(11-16)9-10-19(17)2/h3-8,11,18H,9-10,12H2,1-2H3. The zero-order chi connectivity index (χ0) is 15.7. The van der Waals surface area contributed by atoms with Crippen molar-refractivity contribution in [2.24, 2.45) is 0 Å². The van der Waals surface area contributed by atoms with Crippen LogP contribution < -0.4 is 9.62 Å². The van der Waals surface area contributed by atoms with Crippen molar-refractivity contribution in [3.05, 3.63) is 59.2 Å². The lowest BCUT2D eigenvalue weighted by molar-refractivity contribution is 0.600. The number of sulfonamides is 1. The number of fused-ring (bicyclic) bond motifs is 1. The lowest BCUT2D eigenvalue weighted by Gasteiger charge is -2.13. The molecule has 0 atom stereocenters. The van der Waals surface area contributed by atoms with E-state index in [1.54, 1.807) is 0 Å². The Bertz CT molecular complexity index is 800. The van der Waals surface area contributed by atoms with Gasteiger partial charge in [-0.1, -0.05) is 24.3 Å². The van der Waals surface area contributed by atoms with Gasteiger partial charge in [-0.15, -0.1) is 0 Å². The maximum atomic E-state index is 12.4. The Labute approximate surface area is 131 Å². The number of benzene rings is 2. The number of hydrogen-bond donors (Lipinski definition) is 1. The largest absolute Gasteiger partial charge is 0.374 e. The molecule has 0 aliphatic carbocycles. The molecule has 0 saturated carbocycles. The minimum atomic E-state index is -3.40. The molecule has 1 aliphatic heterocycles. The van der Waals surface area contributed by atoms with E-state index >= 15 is 0 Å². The fourth-order valence-corrected chi connectivity index (χ4v) is 4.11. The van der Waals surface area contributed by atoms with Gasteiger partial charge in [0.25, 0.3) is 0 Å². The summed E-state index contributed by atoms with van der Waals surface area (Å²) in [5.41, 5.74) is 4.84. The summed E-state index contributed by atoms with van der Waals surface area (Å²) in [5, 5.41) is 0. The molecule has 0 radical (unpaired) electrons. The highest BCUT2D eigenvalue weighted by Crippen LogP contribution is 2.29. The van der Waals surface area contributed by atoms with Crippen LogP contribution in [-0.4, -0.2) is 22.0 Å². The van der Waals surface area contributed by atoms with Crippen LogP contribution in [0.25, 0.3) is 0 Å². The molecule has 1 heterocycles. The predicted molar refractivity (Wildman–Crippen MR) is 90.8 cm³/mol. The van der Waals surface area contributed by atoms with Crippen LogP contribution in [-0.2, 0) is 22.2 Å². The van der Waals surface area contributed by atoms with E-state index in [1.165, 1.54) is 11.3 Å².